The molecule has 1 amide bonds. The molecule has 3 heterocycles. The maximum Gasteiger partial charge on any atom is 0.258 e. The molecule has 0 fully saturated rings. The van der Waals surface area contributed by atoms with E-state index in [1.165, 1.54) is 0 Å². The summed E-state index contributed by atoms with van der Waals surface area (Å²) in [5.41, 5.74) is 5.79. The van der Waals surface area contributed by atoms with Crippen LogP contribution in [0.15, 0.2) is 60.9 Å². The highest BCUT2D eigenvalue weighted by Gasteiger charge is 2.22. The molecular weight excluding hydrogens is 490 g/mol. The molecule has 1 aliphatic heterocycles. The number of anilines is 2. The molecule has 202 valence electrons. The summed E-state index contributed by atoms with van der Waals surface area (Å²) in [6, 6.07) is 15.8. The summed E-state index contributed by atoms with van der Waals surface area (Å²) in [6.45, 7) is 7.70. The van der Waals surface area contributed by atoms with Crippen molar-refractivity contribution < 1.29 is 9.53 Å². The molecule has 3 N–H and O–H groups in total. The molecule has 2 aromatic heterocycles. The number of nitrogens with zero attached hydrogens (tertiary/aromatic N) is 4. The highest BCUT2D eigenvalue weighted by Crippen LogP contribution is 2.31. The number of amides is 1. The maximum absolute atomic E-state index is 12.4. The molecule has 4 aromatic rings. The molecule has 9 nitrogen and oxygen atoms in total. The Balaban J connectivity index is 1.38. The third kappa shape index (κ3) is 6.43. The zero-order valence-electron chi connectivity index (χ0n) is 22.9. The van der Waals surface area contributed by atoms with Crippen molar-refractivity contribution in [2.75, 3.05) is 25.5 Å². The smallest absolute Gasteiger partial charge is 0.258 e. The van der Waals surface area contributed by atoms with Gasteiger partial charge in [0.1, 0.15) is 11.6 Å². The fourth-order valence-corrected chi connectivity index (χ4v) is 4.45. The van der Waals surface area contributed by atoms with Gasteiger partial charge in [-0.25, -0.2) is 9.97 Å². The van der Waals surface area contributed by atoms with E-state index in [0.717, 1.165) is 65.4 Å². The lowest BCUT2D eigenvalue weighted by Gasteiger charge is -2.26. The van der Waals surface area contributed by atoms with Crippen molar-refractivity contribution in [1.82, 2.24) is 30.4 Å². The standard InChI is InChI=1S/C30H35N7O2/c1-5-30(2,3)36-27(38)19-39-24-8-6-7-21(15-24)28-34-26-13-14-37(4)18-25(26)29(35-28)33-23-11-9-20(10-12-23)22-16-31-32-17-22/h6-12,15-17H,5,13-14,18-19H2,1-4H3,(H,31,32)(H,36,38)(H,33,34,35). The van der Waals surface area contributed by atoms with Crippen LogP contribution in [0.5, 0.6) is 5.75 Å². The maximum atomic E-state index is 12.4. The lowest BCUT2D eigenvalue weighted by Crippen LogP contribution is -2.44. The molecule has 0 saturated heterocycles. The van der Waals surface area contributed by atoms with E-state index in [0.29, 0.717) is 11.6 Å². The molecule has 1 aliphatic rings. The number of rotatable bonds is 9. The third-order valence-electron chi connectivity index (χ3n) is 7.05. The molecule has 0 bridgehead atoms. The number of hydrogen-bond donors (Lipinski definition) is 3. The van der Waals surface area contributed by atoms with Crippen LogP contribution in [0.1, 0.15) is 38.4 Å². The first-order chi connectivity index (χ1) is 18.8. The second kappa shape index (κ2) is 11.2. The van der Waals surface area contributed by atoms with Crippen LogP contribution < -0.4 is 15.4 Å². The number of aromatic amines is 1. The summed E-state index contributed by atoms with van der Waals surface area (Å²) >= 11 is 0. The van der Waals surface area contributed by atoms with Crippen molar-refractivity contribution >= 4 is 17.4 Å². The van der Waals surface area contributed by atoms with Gasteiger partial charge in [0.05, 0.1) is 11.9 Å². The summed E-state index contributed by atoms with van der Waals surface area (Å²) < 4.78 is 5.82. The number of carbonyl (C=O) groups excluding carboxylic acids is 1. The quantitative estimate of drug-likeness (QED) is 0.284. The number of benzene rings is 2. The van der Waals surface area contributed by atoms with E-state index in [-0.39, 0.29) is 18.1 Å². The van der Waals surface area contributed by atoms with Gasteiger partial charge < -0.3 is 20.3 Å². The van der Waals surface area contributed by atoms with Gasteiger partial charge in [0, 0.05) is 53.6 Å². The van der Waals surface area contributed by atoms with Crippen LogP contribution in [0, 0.1) is 0 Å². The van der Waals surface area contributed by atoms with Gasteiger partial charge in [0.25, 0.3) is 5.91 Å². The molecule has 9 heteroatoms. The Kier molecular flexibility index (Phi) is 7.60. The van der Waals surface area contributed by atoms with Gasteiger partial charge in [0.2, 0.25) is 0 Å². The van der Waals surface area contributed by atoms with Crippen LogP contribution in [0.25, 0.3) is 22.5 Å². The number of nitrogens with one attached hydrogen (secondary N) is 3. The summed E-state index contributed by atoms with van der Waals surface area (Å²) in [6.07, 6.45) is 5.37. The molecule has 0 atom stereocenters. The Morgan fingerprint density at radius 3 is 2.67 bits per heavy atom. The second-order valence-electron chi connectivity index (χ2n) is 10.6. The molecule has 5 rings (SSSR count). The monoisotopic (exact) mass is 525 g/mol. The van der Waals surface area contributed by atoms with Crippen LogP contribution in [0.2, 0.25) is 0 Å². The molecule has 0 spiro atoms. The van der Waals surface area contributed by atoms with Crippen LogP contribution >= 0.6 is 0 Å². The molecule has 39 heavy (non-hydrogen) atoms. The van der Waals surface area contributed by atoms with Gasteiger partial charge >= 0.3 is 0 Å². The van der Waals surface area contributed by atoms with Crippen LogP contribution in [-0.2, 0) is 17.8 Å². The lowest BCUT2D eigenvalue weighted by molar-refractivity contribution is -0.124. The van der Waals surface area contributed by atoms with Crippen molar-refractivity contribution in [3.8, 4) is 28.3 Å². The number of ether oxygens (including phenoxy) is 1. The van der Waals surface area contributed by atoms with Crippen LogP contribution in [-0.4, -0.2) is 56.7 Å². The van der Waals surface area contributed by atoms with Gasteiger partial charge in [-0.1, -0.05) is 31.2 Å². The average molecular weight is 526 g/mol. The highest BCUT2D eigenvalue weighted by atomic mass is 16.5. The van der Waals surface area contributed by atoms with Crippen molar-refractivity contribution in [1.29, 1.82) is 0 Å². The Morgan fingerprint density at radius 1 is 1.10 bits per heavy atom. The van der Waals surface area contributed by atoms with Gasteiger partial charge in [0.15, 0.2) is 12.4 Å². The van der Waals surface area contributed by atoms with E-state index < -0.39 is 0 Å². The fourth-order valence-electron chi connectivity index (χ4n) is 4.45. The number of aromatic nitrogens is 4. The zero-order chi connectivity index (χ0) is 27.4. The van der Waals surface area contributed by atoms with Crippen molar-refractivity contribution in [3.63, 3.8) is 0 Å². The predicted molar refractivity (Wildman–Crippen MR) is 153 cm³/mol. The first kappa shape index (κ1) is 26.4. The molecule has 2 aromatic carbocycles. The van der Waals surface area contributed by atoms with E-state index in [9.17, 15) is 4.79 Å². The number of carbonyl (C=O) groups is 1. The summed E-state index contributed by atoms with van der Waals surface area (Å²) in [7, 11) is 2.11. The first-order valence-corrected chi connectivity index (χ1v) is 13.3. The fraction of sp³-hybridized carbons (Fsp3) is 0.333. The summed E-state index contributed by atoms with van der Waals surface area (Å²) in [5.74, 6) is 1.87. The number of likely N-dealkylation sites (N-methyl/N-ethyl adjacent to an activating group) is 1. The minimum Gasteiger partial charge on any atom is -0.484 e. The summed E-state index contributed by atoms with van der Waals surface area (Å²) in [5, 5.41) is 13.4. The minimum atomic E-state index is -0.268. The van der Waals surface area contributed by atoms with Crippen LogP contribution in [0.3, 0.4) is 0 Å². The summed E-state index contributed by atoms with van der Waals surface area (Å²) in [4.78, 5) is 24.5. The molecule has 0 saturated carbocycles. The van der Waals surface area contributed by atoms with Gasteiger partial charge in [-0.2, -0.15) is 5.10 Å². The number of hydrogen-bond acceptors (Lipinski definition) is 7. The van der Waals surface area contributed by atoms with Gasteiger partial charge in [-0.15, -0.1) is 0 Å². The van der Waals surface area contributed by atoms with Crippen molar-refractivity contribution in [2.24, 2.45) is 0 Å². The van der Waals surface area contributed by atoms with E-state index in [2.05, 4.69) is 44.9 Å². The molecule has 0 radical (unpaired) electrons. The molecule has 0 unspecified atom stereocenters. The minimum absolute atomic E-state index is 0.0497. The topological polar surface area (TPSA) is 108 Å². The Morgan fingerprint density at radius 2 is 1.92 bits per heavy atom. The van der Waals surface area contributed by atoms with E-state index in [4.69, 9.17) is 14.7 Å². The first-order valence-electron chi connectivity index (χ1n) is 13.3. The van der Waals surface area contributed by atoms with Crippen LogP contribution in [0.4, 0.5) is 11.5 Å². The largest absolute Gasteiger partial charge is 0.484 e. The Bertz CT molecular complexity index is 1430. The van der Waals surface area contributed by atoms with Gasteiger partial charge in [-0.05, 0) is 57.1 Å². The Hall–Kier alpha value is -4.24. The van der Waals surface area contributed by atoms with E-state index in [1.807, 2.05) is 69.6 Å². The van der Waals surface area contributed by atoms with Gasteiger partial charge in [-0.3, -0.25) is 9.89 Å². The third-order valence-corrected chi connectivity index (χ3v) is 7.05. The lowest BCUT2D eigenvalue weighted by atomic mass is 10.0. The molecule has 0 aliphatic carbocycles. The zero-order valence-corrected chi connectivity index (χ0v) is 22.9. The van der Waals surface area contributed by atoms with Crippen molar-refractivity contribution in [3.05, 3.63) is 72.2 Å². The van der Waals surface area contributed by atoms with E-state index in [1.54, 1.807) is 0 Å². The van der Waals surface area contributed by atoms with E-state index >= 15 is 0 Å². The number of H-pyrrole nitrogens is 1. The predicted octanol–water partition coefficient (Wildman–Crippen LogP) is 4.95. The second-order valence-corrected chi connectivity index (χ2v) is 10.6. The highest BCUT2D eigenvalue weighted by molar-refractivity contribution is 5.78. The number of fused-ring (bicyclic) bond motifs is 1. The van der Waals surface area contributed by atoms with Crippen molar-refractivity contribution in [2.45, 2.75) is 45.7 Å². The normalized spacial score (nSPS) is 13.5. The Labute approximate surface area is 229 Å². The SMILES string of the molecule is CCC(C)(C)NC(=O)COc1cccc(-c2nc3c(c(Nc4ccc(-c5cn[nH]c5)cc4)n2)CN(C)CC3)c1. The molecular formula is C30H35N7O2. The average Bonchev–Trinajstić information content (AvgIpc) is 3.48.